The van der Waals surface area contributed by atoms with Gasteiger partial charge in [0, 0.05) is 5.41 Å². The first-order chi connectivity index (χ1) is 11.7. The zero-order valence-corrected chi connectivity index (χ0v) is 15.1. The zero-order chi connectivity index (χ0) is 18.4. The van der Waals surface area contributed by atoms with Crippen LogP contribution in [0.1, 0.15) is 46.0 Å². The standard InChI is InChI=1S/C20H30O5/c1-12-14(5-4-13-7-9-25-18(13)24)19(2)8-6-17(23)20(3,11-21)16(19)10-15(12)22/h7,9,13-17,21-23H,1,4-6,8,10-11H2,2-3H3/t13-,14+,15-,16-,17+,19-,20-/m0/s1. The smallest absolute Gasteiger partial charge is 0.317 e. The highest BCUT2D eigenvalue weighted by Gasteiger charge is 2.59. The van der Waals surface area contributed by atoms with E-state index in [0.29, 0.717) is 19.3 Å². The summed E-state index contributed by atoms with van der Waals surface area (Å²) in [5.41, 5.74) is 0.0454. The van der Waals surface area contributed by atoms with Crippen molar-refractivity contribution in [2.24, 2.45) is 28.6 Å². The van der Waals surface area contributed by atoms with Gasteiger partial charge in [0.15, 0.2) is 0 Å². The van der Waals surface area contributed by atoms with E-state index in [9.17, 15) is 20.1 Å². The van der Waals surface area contributed by atoms with Crippen molar-refractivity contribution >= 4 is 5.97 Å². The number of hydrogen-bond acceptors (Lipinski definition) is 5. The highest BCUT2D eigenvalue weighted by Crippen LogP contribution is 2.61. The summed E-state index contributed by atoms with van der Waals surface area (Å²) in [6.07, 6.45) is 5.41. The quantitative estimate of drug-likeness (QED) is 0.534. The highest BCUT2D eigenvalue weighted by molar-refractivity contribution is 5.77. The van der Waals surface area contributed by atoms with Gasteiger partial charge in [0.1, 0.15) is 0 Å². The maximum absolute atomic E-state index is 11.7. The van der Waals surface area contributed by atoms with Crippen LogP contribution in [0, 0.1) is 28.6 Å². The summed E-state index contributed by atoms with van der Waals surface area (Å²) in [4.78, 5) is 11.7. The Hall–Kier alpha value is -1.17. The molecule has 0 spiro atoms. The third kappa shape index (κ3) is 2.86. The van der Waals surface area contributed by atoms with Gasteiger partial charge >= 0.3 is 5.97 Å². The lowest BCUT2D eigenvalue weighted by Crippen LogP contribution is -2.59. The molecule has 2 saturated carbocycles. The van der Waals surface area contributed by atoms with Gasteiger partial charge in [-0.1, -0.05) is 20.4 Å². The van der Waals surface area contributed by atoms with Crippen molar-refractivity contribution in [1.82, 2.24) is 0 Å². The molecule has 25 heavy (non-hydrogen) atoms. The average Bonchev–Trinajstić information content (AvgIpc) is 2.99. The fraction of sp³-hybridized carbons (Fsp3) is 0.750. The summed E-state index contributed by atoms with van der Waals surface area (Å²) in [6.45, 7) is 8.18. The van der Waals surface area contributed by atoms with E-state index in [2.05, 4.69) is 13.5 Å². The topological polar surface area (TPSA) is 87.0 Å². The fourth-order valence-electron chi connectivity index (χ4n) is 5.58. The molecule has 0 bridgehead atoms. The van der Waals surface area contributed by atoms with Crippen LogP contribution >= 0.6 is 0 Å². The normalized spacial score (nSPS) is 46.8. The largest absolute Gasteiger partial charge is 0.434 e. The van der Waals surface area contributed by atoms with Crippen molar-refractivity contribution in [1.29, 1.82) is 0 Å². The van der Waals surface area contributed by atoms with Crippen LogP contribution in [0.5, 0.6) is 0 Å². The average molecular weight is 350 g/mol. The van der Waals surface area contributed by atoms with E-state index in [0.717, 1.165) is 18.4 Å². The Morgan fingerprint density at radius 1 is 1.32 bits per heavy atom. The first kappa shape index (κ1) is 18.6. The Bertz CT molecular complexity index is 585. The minimum atomic E-state index is -0.634. The lowest BCUT2D eigenvalue weighted by Gasteiger charge is -2.60. The van der Waals surface area contributed by atoms with Gasteiger partial charge in [0.05, 0.1) is 31.0 Å². The number of carbonyl (C=O) groups is 1. The molecule has 0 aromatic rings. The number of aliphatic hydroxyl groups is 3. The van der Waals surface area contributed by atoms with E-state index in [1.165, 1.54) is 6.26 Å². The molecule has 0 aromatic carbocycles. The minimum absolute atomic E-state index is 0.00493. The van der Waals surface area contributed by atoms with Gasteiger partial charge in [0.25, 0.3) is 0 Å². The molecular formula is C20H30O5. The molecule has 2 fully saturated rings. The predicted octanol–water partition coefficient (Wildman–Crippen LogP) is 2.17. The van der Waals surface area contributed by atoms with E-state index in [-0.39, 0.29) is 35.7 Å². The van der Waals surface area contributed by atoms with Gasteiger partial charge in [-0.2, -0.15) is 0 Å². The summed E-state index contributed by atoms with van der Waals surface area (Å²) >= 11 is 0. The van der Waals surface area contributed by atoms with Crippen LogP contribution in [0.4, 0.5) is 0 Å². The van der Waals surface area contributed by atoms with Crippen molar-refractivity contribution in [2.75, 3.05) is 6.61 Å². The summed E-state index contributed by atoms with van der Waals surface area (Å²) in [7, 11) is 0. The first-order valence-electron chi connectivity index (χ1n) is 9.27. The molecule has 0 radical (unpaired) electrons. The maximum atomic E-state index is 11.7. The van der Waals surface area contributed by atoms with E-state index >= 15 is 0 Å². The second kappa shape index (κ2) is 6.53. The van der Waals surface area contributed by atoms with E-state index in [1.807, 2.05) is 6.92 Å². The molecule has 0 unspecified atom stereocenters. The highest BCUT2D eigenvalue weighted by atomic mass is 16.5. The Morgan fingerprint density at radius 2 is 2.04 bits per heavy atom. The van der Waals surface area contributed by atoms with Crippen molar-refractivity contribution in [2.45, 2.75) is 58.2 Å². The first-order valence-corrected chi connectivity index (χ1v) is 9.27. The monoisotopic (exact) mass is 350 g/mol. The molecule has 0 saturated heterocycles. The molecule has 5 heteroatoms. The number of rotatable bonds is 4. The molecule has 1 heterocycles. The number of fused-ring (bicyclic) bond motifs is 1. The molecule has 140 valence electrons. The van der Waals surface area contributed by atoms with Crippen LogP contribution < -0.4 is 0 Å². The summed E-state index contributed by atoms with van der Waals surface area (Å²) < 4.78 is 4.89. The minimum Gasteiger partial charge on any atom is -0.434 e. The van der Waals surface area contributed by atoms with Crippen LogP contribution in [-0.2, 0) is 9.53 Å². The summed E-state index contributed by atoms with van der Waals surface area (Å²) in [6, 6.07) is 0. The molecule has 5 nitrogen and oxygen atoms in total. The van der Waals surface area contributed by atoms with Crippen LogP contribution in [0.25, 0.3) is 0 Å². The van der Waals surface area contributed by atoms with Crippen LogP contribution in [0.15, 0.2) is 24.5 Å². The fourth-order valence-corrected chi connectivity index (χ4v) is 5.58. The van der Waals surface area contributed by atoms with E-state index in [1.54, 1.807) is 6.08 Å². The molecule has 3 aliphatic rings. The van der Waals surface area contributed by atoms with Crippen molar-refractivity contribution in [3.8, 4) is 0 Å². The van der Waals surface area contributed by atoms with Gasteiger partial charge in [-0.3, -0.25) is 4.79 Å². The maximum Gasteiger partial charge on any atom is 0.317 e. The number of ether oxygens (including phenoxy) is 1. The molecule has 1 aliphatic heterocycles. The summed E-state index contributed by atoms with van der Waals surface area (Å²) in [5.74, 6) is -0.387. The number of hydrogen-bond donors (Lipinski definition) is 3. The van der Waals surface area contributed by atoms with E-state index < -0.39 is 17.6 Å². The molecule has 7 atom stereocenters. The van der Waals surface area contributed by atoms with Crippen LogP contribution in [-0.4, -0.2) is 40.1 Å². The van der Waals surface area contributed by atoms with Crippen LogP contribution in [0.2, 0.25) is 0 Å². The van der Waals surface area contributed by atoms with Gasteiger partial charge in [-0.15, -0.1) is 0 Å². The molecule has 3 rings (SSSR count). The number of carbonyl (C=O) groups excluding carboxylic acids is 1. The van der Waals surface area contributed by atoms with Gasteiger partial charge < -0.3 is 20.1 Å². The molecule has 0 aromatic heterocycles. The number of esters is 1. The van der Waals surface area contributed by atoms with Crippen molar-refractivity contribution in [3.05, 3.63) is 24.5 Å². The second-order valence-electron chi connectivity index (χ2n) is 8.61. The van der Waals surface area contributed by atoms with Gasteiger partial charge in [-0.25, -0.2) is 0 Å². The molecule has 2 aliphatic carbocycles. The predicted molar refractivity (Wildman–Crippen MR) is 93.2 cm³/mol. The Labute approximate surface area is 149 Å². The SMILES string of the molecule is C=C1[C@@H](CC[C@H]2C=COC2=O)[C@]2(C)CC[C@@H](O)[C@@](C)(CO)[C@H]2C[C@@H]1O. The Kier molecular flexibility index (Phi) is 4.86. The van der Waals surface area contributed by atoms with Crippen molar-refractivity contribution < 1.29 is 24.9 Å². The summed E-state index contributed by atoms with van der Waals surface area (Å²) in [5, 5.41) is 31.1. The Morgan fingerprint density at radius 3 is 2.64 bits per heavy atom. The van der Waals surface area contributed by atoms with E-state index in [4.69, 9.17) is 4.74 Å². The number of cyclic esters (lactones) is 1. The lowest BCUT2D eigenvalue weighted by atomic mass is 9.45. The number of aliphatic hydroxyl groups excluding tert-OH is 3. The van der Waals surface area contributed by atoms with Crippen LogP contribution in [0.3, 0.4) is 0 Å². The second-order valence-corrected chi connectivity index (χ2v) is 8.61. The molecule has 3 N–H and O–H groups in total. The molecular weight excluding hydrogens is 320 g/mol. The lowest BCUT2D eigenvalue weighted by molar-refractivity contribution is -0.165. The molecule has 0 amide bonds. The van der Waals surface area contributed by atoms with Gasteiger partial charge in [-0.05, 0) is 61.0 Å². The van der Waals surface area contributed by atoms with Gasteiger partial charge in [0.2, 0.25) is 0 Å². The zero-order valence-electron chi connectivity index (χ0n) is 15.1. The third-order valence-corrected chi connectivity index (χ3v) is 7.35. The van der Waals surface area contributed by atoms with Crippen molar-refractivity contribution in [3.63, 3.8) is 0 Å². The third-order valence-electron chi connectivity index (χ3n) is 7.35. The Balaban J connectivity index is 1.86.